The van der Waals surface area contributed by atoms with E-state index in [4.69, 9.17) is 0 Å². The number of anilines is 1. The van der Waals surface area contributed by atoms with E-state index in [0.717, 1.165) is 32.5 Å². The molecule has 0 bridgehead atoms. The zero-order valence-corrected chi connectivity index (χ0v) is 13.2. The molecule has 1 aromatic carbocycles. The lowest BCUT2D eigenvalue weighted by atomic mass is 10.0. The highest BCUT2D eigenvalue weighted by molar-refractivity contribution is 5.54. The molecule has 0 saturated carbocycles. The first-order valence-electron chi connectivity index (χ1n) is 7.63. The van der Waals surface area contributed by atoms with Crippen molar-refractivity contribution in [1.29, 1.82) is 0 Å². The molecule has 1 saturated heterocycles. The van der Waals surface area contributed by atoms with Crippen LogP contribution in [0.15, 0.2) is 18.2 Å². The summed E-state index contributed by atoms with van der Waals surface area (Å²) in [6, 6.07) is 6.66. The Bertz CT molecular complexity index is 451. The highest BCUT2D eigenvalue weighted by atomic mass is 16.3. The molecule has 2 rings (SSSR count). The van der Waals surface area contributed by atoms with Gasteiger partial charge in [0.25, 0.3) is 0 Å². The summed E-state index contributed by atoms with van der Waals surface area (Å²) >= 11 is 0. The smallest absolute Gasteiger partial charge is 0.0715 e. The van der Waals surface area contributed by atoms with Gasteiger partial charge in [0, 0.05) is 30.9 Å². The first-order valence-corrected chi connectivity index (χ1v) is 7.63. The number of benzene rings is 1. The maximum Gasteiger partial charge on any atom is 0.0715 e. The van der Waals surface area contributed by atoms with Gasteiger partial charge in [0.15, 0.2) is 0 Å². The molecule has 1 unspecified atom stereocenters. The lowest BCUT2D eigenvalue weighted by Crippen LogP contribution is -2.38. The average Bonchev–Trinajstić information content (AvgIpc) is 2.35. The molecule has 3 heteroatoms. The average molecular weight is 276 g/mol. The van der Waals surface area contributed by atoms with Crippen molar-refractivity contribution < 1.29 is 5.11 Å². The van der Waals surface area contributed by atoms with Crippen molar-refractivity contribution in [3.63, 3.8) is 0 Å². The first kappa shape index (κ1) is 15.3. The molecule has 2 N–H and O–H groups in total. The third-order valence-corrected chi connectivity index (χ3v) is 3.82. The fourth-order valence-corrected chi connectivity index (χ4v) is 2.72. The van der Waals surface area contributed by atoms with Gasteiger partial charge in [0.05, 0.1) is 6.10 Å². The summed E-state index contributed by atoms with van der Waals surface area (Å²) in [6.07, 6.45) is 1.84. The second-order valence-electron chi connectivity index (χ2n) is 6.97. The summed E-state index contributed by atoms with van der Waals surface area (Å²) in [4.78, 5) is 2.31. The fourth-order valence-electron chi connectivity index (χ4n) is 2.72. The number of rotatable bonds is 3. The van der Waals surface area contributed by atoms with Crippen molar-refractivity contribution in [2.45, 2.75) is 58.7 Å². The molecule has 0 amide bonds. The van der Waals surface area contributed by atoms with Gasteiger partial charge in [-0.05, 0) is 57.7 Å². The van der Waals surface area contributed by atoms with E-state index in [1.165, 1.54) is 16.8 Å². The molecule has 0 aromatic heterocycles. The van der Waals surface area contributed by atoms with Gasteiger partial charge in [0.1, 0.15) is 0 Å². The van der Waals surface area contributed by atoms with Crippen LogP contribution in [0.25, 0.3) is 0 Å². The zero-order valence-electron chi connectivity index (χ0n) is 13.2. The summed E-state index contributed by atoms with van der Waals surface area (Å²) in [7, 11) is 0. The fraction of sp³-hybridized carbons (Fsp3) is 0.647. The Balaban J connectivity index is 2.05. The quantitative estimate of drug-likeness (QED) is 0.891. The van der Waals surface area contributed by atoms with Crippen molar-refractivity contribution in [3.05, 3.63) is 29.3 Å². The number of piperidine rings is 1. The van der Waals surface area contributed by atoms with Gasteiger partial charge in [-0.2, -0.15) is 0 Å². The third kappa shape index (κ3) is 4.22. The minimum atomic E-state index is -0.176. The Labute approximate surface area is 123 Å². The molecule has 112 valence electrons. The number of nitrogens with zero attached hydrogens (tertiary/aromatic N) is 1. The molecular formula is C17H28N2O. The van der Waals surface area contributed by atoms with Gasteiger partial charge in [-0.1, -0.05) is 12.1 Å². The van der Waals surface area contributed by atoms with Crippen LogP contribution in [0, 0.1) is 6.92 Å². The van der Waals surface area contributed by atoms with E-state index < -0.39 is 0 Å². The monoisotopic (exact) mass is 276 g/mol. The lowest BCUT2D eigenvalue weighted by Gasteiger charge is -2.33. The van der Waals surface area contributed by atoms with Gasteiger partial charge < -0.3 is 15.3 Å². The Kier molecular flexibility index (Phi) is 4.71. The van der Waals surface area contributed by atoms with E-state index in [9.17, 15) is 5.11 Å². The van der Waals surface area contributed by atoms with Crippen LogP contribution in [-0.2, 0) is 6.54 Å². The predicted molar refractivity (Wildman–Crippen MR) is 85.2 cm³/mol. The summed E-state index contributed by atoms with van der Waals surface area (Å²) in [5.74, 6) is 0. The van der Waals surface area contributed by atoms with Crippen molar-refractivity contribution in [1.82, 2.24) is 5.32 Å². The molecular weight excluding hydrogens is 248 g/mol. The van der Waals surface area contributed by atoms with Crippen LogP contribution >= 0.6 is 0 Å². The minimum absolute atomic E-state index is 0.142. The van der Waals surface area contributed by atoms with E-state index in [1.807, 2.05) is 0 Å². The molecule has 1 aliphatic heterocycles. The van der Waals surface area contributed by atoms with E-state index >= 15 is 0 Å². The van der Waals surface area contributed by atoms with E-state index in [2.05, 4.69) is 56.1 Å². The molecule has 1 aromatic rings. The van der Waals surface area contributed by atoms with E-state index in [-0.39, 0.29) is 11.6 Å². The van der Waals surface area contributed by atoms with E-state index in [1.54, 1.807) is 0 Å². The van der Waals surface area contributed by atoms with Gasteiger partial charge in [-0.25, -0.2) is 0 Å². The van der Waals surface area contributed by atoms with Crippen LogP contribution in [-0.4, -0.2) is 29.8 Å². The van der Waals surface area contributed by atoms with Gasteiger partial charge in [0.2, 0.25) is 0 Å². The zero-order chi connectivity index (χ0) is 14.8. The number of nitrogens with one attached hydrogen (secondary N) is 1. The summed E-state index contributed by atoms with van der Waals surface area (Å²) in [6.45, 7) is 11.4. The second kappa shape index (κ2) is 6.15. The normalized spacial score (nSPS) is 20.2. The highest BCUT2D eigenvalue weighted by Crippen LogP contribution is 2.25. The van der Waals surface area contributed by atoms with Gasteiger partial charge in [-0.3, -0.25) is 0 Å². The molecule has 1 atom stereocenters. The van der Waals surface area contributed by atoms with Crippen LogP contribution < -0.4 is 10.2 Å². The summed E-state index contributed by atoms with van der Waals surface area (Å²) < 4.78 is 0. The summed E-state index contributed by atoms with van der Waals surface area (Å²) in [5, 5.41) is 13.3. The van der Waals surface area contributed by atoms with Crippen molar-refractivity contribution in [2.75, 3.05) is 18.0 Å². The van der Waals surface area contributed by atoms with Crippen molar-refractivity contribution >= 4 is 5.69 Å². The van der Waals surface area contributed by atoms with E-state index in [0.29, 0.717) is 0 Å². The Morgan fingerprint density at radius 2 is 2.10 bits per heavy atom. The van der Waals surface area contributed by atoms with Gasteiger partial charge >= 0.3 is 0 Å². The van der Waals surface area contributed by atoms with Crippen molar-refractivity contribution in [2.24, 2.45) is 0 Å². The van der Waals surface area contributed by atoms with Crippen LogP contribution in [0.5, 0.6) is 0 Å². The first-order chi connectivity index (χ1) is 9.35. The van der Waals surface area contributed by atoms with Crippen LogP contribution in [0.3, 0.4) is 0 Å². The SMILES string of the molecule is Cc1cc(CNC(C)(C)C)ccc1N1CCCC(O)C1. The van der Waals surface area contributed by atoms with Crippen LogP contribution in [0.1, 0.15) is 44.7 Å². The Morgan fingerprint density at radius 3 is 2.70 bits per heavy atom. The van der Waals surface area contributed by atoms with Crippen LogP contribution in [0.2, 0.25) is 0 Å². The number of β-amino-alcohol motifs (C(OH)–C–C–N with tert-alkyl or cyclic N) is 1. The number of hydrogen-bond donors (Lipinski definition) is 2. The molecule has 0 aliphatic carbocycles. The van der Waals surface area contributed by atoms with Gasteiger partial charge in [-0.15, -0.1) is 0 Å². The predicted octanol–water partition coefficient (Wildman–Crippen LogP) is 2.84. The standard InChI is InChI=1S/C17H28N2O/c1-13-10-14(11-18-17(2,3)4)7-8-16(13)19-9-5-6-15(20)12-19/h7-8,10,15,18,20H,5-6,9,11-12H2,1-4H3. The van der Waals surface area contributed by atoms with Crippen molar-refractivity contribution in [3.8, 4) is 0 Å². The summed E-state index contributed by atoms with van der Waals surface area (Å²) in [5.41, 5.74) is 4.03. The number of aliphatic hydroxyl groups excluding tert-OH is 1. The number of aryl methyl sites for hydroxylation is 1. The molecule has 20 heavy (non-hydrogen) atoms. The maximum absolute atomic E-state index is 9.81. The molecule has 1 fully saturated rings. The lowest BCUT2D eigenvalue weighted by molar-refractivity contribution is 0.154. The number of hydrogen-bond acceptors (Lipinski definition) is 3. The van der Waals surface area contributed by atoms with Crippen LogP contribution in [0.4, 0.5) is 5.69 Å². The third-order valence-electron chi connectivity index (χ3n) is 3.82. The minimum Gasteiger partial charge on any atom is -0.391 e. The topological polar surface area (TPSA) is 35.5 Å². The highest BCUT2D eigenvalue weighted by Gasteiger charge is 2.19. The molecule has 0 spiro atoms. The molecule has 1 heterocycles. The molecule has 3 nitrogen and oxygen atoms in total. The number of aliphatic hydroxyl groups is 1. The molecule has 1 aliphatic rings. The Hall–Kier alpha value is -1.06. The largest absolute Gasteiger partial charge is 0.391 e. The Morgan fingerprint density at radius 1 is 1.35 bits per heavy atom. The second-order valence-corrected chi connectivity index (χ2v) is 6.97. The molecule has 0 radical (unpaired) electrons. The maximum atomic E-state index is 9.81.